The SMILES string of the molecule is CC(CCc1c[nH]c(C=O)n1)N=[N+]=[N-]. The van der Waals surface area contributed by atoms with Crippen LogP contribution in [0.2, 0.25) is 0 Å². The van der Waals surface area contributed by atoms with Crippen LogP contribution in [0.1, 0.15) is 29.7 Å². The van der Waals surface area contributed by atoms with Crippen molar-refractivity contribution in [3.63, 3.8) is 0 Å². The van der Waals surface area contributed by atoms with E-state index in [1.807, 2.05) is 6.92 Å². The van der Waals surface area contributed by atoms with Crippen molar-refractivity contribution in [2.75, 3.05) is 0 Å². The summed E-state index contributed by atoms with van der Waals surface area (Å²) in [7, 11) is 0. The van der Waals surface area contributed by atoms with Crippen molar-refractivity contribution in [2.45, 2.75) is 25.8 Å². The number of carbonyl (C=O) groups is 1. The molecule has 0 aliphatic heterocycles. The van der Waals surface area contributed by atoms with E-state index in [1.54, 1.807) is 6.20 Å². The van der Waals surface area contributed by atoms with Crippen LogP contribution in [0.15, 0.2) is 11.3 Å². The van der Waals surface area contributed by atoms with E-state index in [4.69, 9.17) is 5.53 Å². The summed E-state index contributed by atoms with van der Waals surface area (Å²) in [5.74, 6) is 0.330. The Labute approximate surface area is 81.0 Å². The number of carbonyl (C=O) groups excluding carboxylic acids is 1. The zero-order valence-electron chi connectivity index (χ0n) is 7.84. The van der Waals surface area contributed by atoms with Crippen LogP contribution in [0.25, 0.3) is 10.4 Å². The molecule has 0 saturated heterocycles. The maximum absolute atomic E-state index is 10.3. The summed E-state index contributed by atoms with van der Waals surface area (Å²) >= 11 is 0. The Morgan fingerprint density at radius 1 is 1.86 bits per heavy atom. The number of nitrogens with zero attached hydrogens (tertiary/aromatic N) is 4. The largest absolute Gasteiger partial charge is 0.342 e. The number of hydrogen-bond acceptors (Lipinski definition) is 3. The van der Waals surface area contributed by atoms with Crippen LogP contribution < -0.4 is 0 Å². The summed E-state index contributed by atoms with van der Waals surface area (Å²) in [4.78, 5) is 19.7. The molecule has 1 N–H and O–H groups in total. The lowest BCUT2D eigenvalue weighted by molar-refractivity contribution is 0.111. The maximum atomic E-state index is 10.3. The van der Waals surface area contributed by atoms with Gasteiger partial charge in [-0.1, -0.05) is 12.0 Å². The number of azide groups is 1. The molecule has 1 aromatic heterocycles. The van der Waals surface area contributed by atoms with Gasteiger partial charge in [0.2, 0.25) is 0 Å². The van der Waals surface area contributed by atoms with Gasteiger partial charge < -0.3 is 4.98 Å². The Morgan fingerprint density at radius 2 is 2.64 bits per heavy atom. The molecule has 6 nitrogen and oxygen atoms in total. The predicted octanol–water partition coefficient (Wildman–Crippen LogP) is 1.85. The molecular weight excluding hydrogens is 182 g/mol. The van der Waals surface area contributed by atoms with Crippen molar-refractivity contribution in [1.29, 1.82) is 0 Å². The molecule has 1 rings (SSSR count). The van der Waals surface area contributed by atoms with Crippen LogP contribution in [-0.4, -0.2) is 22.3 Å². The van der Waals surface area contributed by atoms with Crippen molar-refractivity contribution >= 4 is 6.29 Å². The first-order valence-electron chi connectivity index (χ1n) is 4.30. The van der Waals surface area contributed by atoms with Gasteiger partial charge in [0.05, 0.1) is 5.69 Å². The van der Waals surface area contributed by atoms with Gasteiger partial charge in [-0.3, -0.25) is 4.79 Å². The average molecular weight is 193 g/mol. The fourth-order valence-corrected chi connectivity index (χ4v) is 1.07. The quantitative estimate of drug-likeness (QED) is 0.334. The van der Waals surface area contributed by atoms with Crippen LogP contribution in [0.4, 0.5) is 0 Å². The normalized spacial score (nSPS) is 11.8. The Kier molecular flexibility index (Phi) is 3.69. The summed E-state index contributed by atoms with van der Waals surface area (Å²) < 4.78 is 0. The molecule has 0 radical (unpaired) electrons. The van der Waals surface area contributed by atoms with E-state index in [-0.39, 0.29) is 6.04 Å². The molecule has 1 unspecified atom stereocenters. The molecule has 14 heavy (non-hydrogen) atoms. The van der Waals surface area contributed by atoms with E-state index < -0.39 is 0 Å². The lowest BCUT2D eigenvalue weighted by Gasteiger charge is -2.00. The minimum absolute atomic E-state index is 0.0450. The molecule has 0 aromatic carbocycles. The molecule has 0 aliphatic carbocycles. The molecule has 1 aromatic rings. The average Bonchev–Trinajstić information content (AvgIpc) is 2.63. The summed E-state index contributed by atoms with van der Waals surface area (Å²) in [6.07, 6.45) is 3.78. The van der Waals surface area contributed by atoms with E-state index in [2.05, 4.69) is 20.0 Å². The Morgan fingerprint density at radius 3 is 3.21 bits per heavy atom. The smallest absolute Gasteiger partial charge is 0.185 e. The first kappa shape index (κ1) is 10.3. The van der Waals surface area contributed by atoms with E-state index in [0.29, 0.717) is 18.5 Å². The van der Waals surface area contributed by atoms with Crippen LogP contribution >= 0.6 is 0 Å². The molecule has 6 heteroatoms. The number of aryl methyl sites for hydroxylation is 1. The molecule has 74 valence electrons. The standard InChI is InChI=1S/C8H11N5O/c1-6(12-13-9)2-3-7-4-10-8(5-14)11-7/h4-6H,2-3H2,1H3,(H,10,11). The summed E-state index contributed by atoms with van der Waals surface area (Å²) in [6.45, 7) is 1.84. The molecule has 0 spiro atoms. The minimum Gasteiger partial charge on any atom is -0.342 e. The summed E-state index contributed by atoms with van der Waals surface area (Å²) in [5, 5.41) is 3.54. The number of hydrogen-bond donors (Lipinski definition) is 1. The van der Waals surface area contributed by atoms with Crippen molar-refractivity contribution in [1.82, 2.24) is 9.97 Å². The molecule has 1 heterocycles. The van der Waals surface area contributed by atoms with Crippen molar-refractivity contribution in [3.8, 4) is 0 Å². The molecule has 0 aliphatic rings. The van der Waals surface area contributed by atoms with Crippen LogP contribution in [0.5, 0.6) is 0 Å². The summed E-state index contributed by atoms with van der Waals surface area (Å²) in [5.41, 5.74) is 8.98. The predicted molar refractivity (Wildman–Crippen MR) is 50.9 cm³/mol. The highest BCUT2D eigenvalue weighted by molar-refractivity contribution is 5.68. The van der Waals surface area contributed by atoms with Crippen LogP contribution in [-0.2, 0) is 6.42 Å². The second-order valence-electron chi connectivity index (χ2n) is 2.99. The van der Waals surface area contributed by atoms with Gasteiger partial charge in [-0.25, -0.2) is 4.98 Å². The van der Waals surface area contributed by atoms with E-state index in [0.717, 1.165) is 12.1 Å². The van der Waals surface area contributed by atoms with Crippen molar-refractivity contribution in [3.05, 3.63) is 28.2 Å². The van der Waals surface area contributed by atoms with Crippen LogP contribution in [0, 0.1) is 0 Å². The number of nitrogens with one attached hydrogen (secondary N) is 1. The highest BCUT2D eigenvalue weighted by atomic mass is 16.1. The fraction of sp³-hybridized carbons (Fsp3) is 0.500. The number of aromatic amines is 1. The van der Waals surface area contributed by atoms with Gasteiger partial charge in [-0.2, -0.15) is 0 Å². The Hall–Kier alpha value is -1.81. The number of aromatic nitrogens is 2. The lowest BCUT2D eigenvalue weighted by Crippen LogP contribution is -1.99. The second kappa shape index (κ2) is 5.04. The van der Waals surface area contributed by atoms with Gasteiger partial charge in [0.15, 0.2) is 12.1 Å². The number of aldehydes is 1. The molecule has 0 amide bonds. The zero-order valence-corrected chi connectivity index (χ0v) is 7.84. The third kappa shape index (κ3) is 2.91. The Bertz CT molecular complexity index is 352. The van der Waals surface area contributed by atoms with Gasteiger partial charge in [0, 0.05) is 17.2 Å². The number of H-pyrrole nitrogens is 1. The molecule has 0 saturated carbocycles. The van der Waals surface area contributed by atoms with Gasteiger partial charge in [-0.05, 0) is 18.4 Å². The fourth-order valence-electron chi connectivity index (χ4n) is 1.07. The molecular formula is C8H11N5O. The number of imidazole rings is 1. The van der Waals surface area contributed by atoms with Gasteiger partial charge >= 0.3 is 0 Å². The second-order valence-corrected chi connectivity index (χ2v) is 2.99. The monoisotopic (exact) mass is 193 g/mol. The highest BCUT2D eigenvalue weighted by Crippen LogP contribution is 2.04. The minimum atomic E-state index is -0.0450. The maximum Gasteiger partial charge on any atom is 0.185 e. The number of rotatable bonds is 5. The zero-order chi connectivity index (χ0) is 10.4. The molecule has 0 fully saturated rings. The van der Waals surface area contributed by atoms with E-state index in [9.17, 15) is 4.79 Å². The first-order chi connectivity index (χ1) is 6.76. The van der Waals surface area contributed by atoms with Crippen molar-refractivity contribution < 1.29 is 4.79 Å². The highest BCUT2D eigenvalue weighted by Gasteiger charge is 2.03. The Balaban J connectivity index is 2.45. The van der Waals surface area contributed by atoms with Crippen LogP contribution in [0.3, 0.4) is 0 Å². The van der Waals surface area contributed by atoms with Gasteiger partial charge in [0.1, 0.15) is 0 Å². The topological polar surface area (TPSA) is 94.5 Å². The molecule has 1 atom stereocenters. The van der Waals surface area contributed by atoms with Gasteiger partial charge in [-0.15, -0.1) is 0 Å². The van der Waals surface area contributed by atoms with Crippen molar-refractivity contribution in [2.24, 2.45) is 5.11 Å². The van der Waals surface area contributed by atoms with E-state index in [1.165, 1.54) is 0 Å². The first-order valence-corrected chi connectivity index (χ1v) is 4.30. The third-order valence-corrected chi connectivity index (χ3v) is 1.83. The molecule has 0 bridgehead atoms. The van der Waals surface area contributed by atoms with Gasteiger partial charge in [0.25, 0.3) is 0 Å². The van der Waals surface area contributed by atoms with E-state index >= 15 is 0 Å². The summed E-state index contributed by atoms with van der Waals surface area (Å²) in [6, 6.07) is -0.0450. The third-order valence-electron chi connectivity index (χ3n) is 1.83. The lowest BCUT2D eigenvalue weighted by atomic mass is 10.1.